The predicted molar refractivity (Wildman–Crippen MR) is 48.7 cm³/mol. The van der Waals surface area contributed by atoms with Crippen molar-refractivity contribution in [2.24, 2.45) is 0 Å². The van der Waals surface area contributed by atoms with Gasteiger partial charge in [-0.2, -0.15) is 8.42 Å². The molecular weight excluding hydrogens is 192 g/mol. The Morgan fingerprint density at radius 3 is 2.62 bits per heavy atom. The van der Waals surface area contributed by atoms with E-state index in [1.165, 1.54) is 0 Å². The molecule has 0 bridgehead atoms. The first kappa shape index (κ1) is 10.9. The Hall–Kier alpha value is -0.130. The SMILES string of the molecule is CCCCC1OC1OS(=O)(=O)CC. The quantitative estimate of drug-likeness (QED) is 0.487. The molecule has 2 unspecified atom stereocenters. The molecule has 0 amide bonds. The Morgan fingerprint density at radius 1 is 1.38 bits per heavy atom. The van der Waals surface area contributed by atoms with E-state index >= 15 is 0 Å². The number of epoxide rings is 1. The van der Waals surface area contributed by atoms with Gasteiger partial charge in [0.25, 0.3) is 10.1 Å². The molecule has 0 aromatic heterocycles. The molecular formula is C8H16O4S. The summed E-state index contributed by atoms with van der Waals surface area (Å²) < 4.78 is 31.7. The van der Waals surface area contributed by atoms with Crippen LogP contribution in [0.3, 0.4) is 0 Å². The lowest BCUT2D eigenvalue weighted by Crippen LogP contribution is -2.12. The molecule has 1 heterocycles. The van der Waals surface area contributed by atoms with Crippen molar-refractivity contribution in [1.82, 2.24) is 0 Å². The van der Waals surface area contributed by atoms with Gasteiger partial charge in [0, 0.05) is 0 Å². The number of unbranched alkanes of at least 4 members (excludes halogenated alkanes) is 1. The second-order valence-corrected chi connectivity index (χ2v) is 5.01. The second-order valence-electron chi connectivity index (χ2n) is 3.13. The largest absolute Gasteiger partial charge is 0.340 e. The monoisotopic (exact) mass is 208 g/mol. The molecule has 1 aliphatic rings. The molecule has 1 rings (SSSR count). The number of hydrogen-bond acceptors (Lipinski definition) is 4. The molecule has 0 aromatic carbocycles. The molecule has 1 saturated heterocycles. The normalized spacial score (nSPS) is 27.5. The van der Waals surface area contributed by atoms with Crippen molar-refractivity contribution in [3.8, 4) is 0 Å². The Balaban J connectivity index is 2.21. The number of rotatable bonds is 6. The van der Waals surface area contributed by atoms with Crippen LogP contribution in [-0.2, 0) is 19.0 Å². The van der Waals surface area contributed by atoms with E-state index in [0.29, 0.717) is 0 Å². The minimum atomic E-state index is -3.34. The third-order valence-corrected chi connectivity index (χ3v) is 3.16. The van der Waals surface area contributed by atoms with E-state index in [1.807, 2.05) is 0 Å². The smallest absolute Gasteiger partial charge is 0.269 e. The van der Waals surface area contributed by atoms with Crippen LogP contribution in [0.15, 0.2) is 0 Å². The van der Waals surface area contributed by atoms with Crippen molar-refractivity contribution in [2.45, 2.75) is 45.5 Å². The highest BCUT2D eigenvalue weighted by molar-refractivity contribution is 7.86. The fourth-order valence-corrected chi connectivity index (χ4v) is 1.63. The molecule has 5 heteroatoms. The van der Waals surface area contributed by atoms with Crippen LogP contribution < -0.4 is 0 Å². The van der Waals surface area contributed by atoms with Gasteiger partial charge in [0.15, 0.2) is 0 Å². The van der Waals surface area contributed by atoms with Crippen molar-refractivity contribution in [3.63, 3.8) is 0 Å². The summed E-state index contributed by atoms with van der Waals surface area (Å²) in [6.07, 6.45) is 2.53. The van der Waals surface area contributed by atoms with E-state index in [1.54, 1.807) is 6.92 Å². The lowest BCUT2D eigenvalue weighted by molar-refractivity contribution is 0.185. The molecule has 1 aliphatic heterocycles. The Labute approximate surface area is 79.3 Å². The molecule has 2 atom stereocenters. The van der Waals surface area contributed by atoms with Gasteiger partial charge < -0.3 is 4.74 Å². The minimum absolute atomic E-state index is 0.00118. The third kappa shape index (κ3) is 3.62. The minimum Gasteiger partial charge on any atom is -0.340 e. The molecule has 0 radical (unpaired) electrons. The van der Waals surface area contributed by atoms with Gasteiger partial charge in [0.1, 0.15) is 6.10 Å². The topological polar surface area (TPSA) is 55.9 Å². The summed E-state index contributed by atoms with van der Waals surface area (Å²) in [5, 5.41) is 0. The van der Waals surface area contributed by atoms with E-state index in [9.17, 15) is 8.42 Å². The highest BCUT2D eigenvalue weighted by Gasteiger charge is 2.42. The van der Waals surface area contributed by atoms with Crippen molar-refractivity contribution in [3.05, 3.63) is 0 Å². The molecule has 0 spiro atoms. The zero-order valence-corrected chi connectivity index (χ0v) is 8.84. The van der Waals surface area contributed by atoms with Crippen molar-refractivity contribution >= 4 is 10.1 Å². The van der Waals surface area contributed by atoms with Crippen LogP contribution in [0.1, 0.15) is 33.1 Å². The second kappa shape index (κ2) is 4.39. The van der Waals surface area contributed by atoms with Gasteiger partial charge in [-0.05, 0) is 13.3 Å². The summed E-state index contributed by atoms with van der Waals surface area (Å²) in [6, 6.07) is 0. The zero-order chi connectivity index (χ0) is 9.90. The van der Waals surface area contributed by atoms with E-state index in [2.05, 4.69) is 6.92 Å². The lowest BCUT2D eigenvalue weighted by atomic mass is 10.2. The summed E-state index contributed by atoms with van der Waals surface area (Å²) in [5.74, 6) is 0.00730. The third-order valence-electron chi connectivity index (χ3n) is 1.97. The average molecular weight is 208 g/mol. The Morgan fingerprint density at radius 2 is 2.08 bits per heavy atom. The summed E-state index contributed by atoms with van der Waals surface area (Å²) in [5.41, 5.74) is 0. The van der Waals surface area contributed by atoms with Gasteiger partial charge in [-0.3, -0.25) is 0 Å². The van der Waals surface area contributed by atoms with E-state index < -0.39 is 16.4 Å². The Bertz CT molecular complexity index is 247. The fraction of sp³-hybridized carbons (Fsp3) is 1.00. The first-order valence-corrected chi connectivity index (χ1v) is 6.23. The summed E-state index contributed by atoms with van der Waals surface area (Å²) in [4.78, 5) is 0. The molecule has 13 heavy (non-hydrogen) atoms. The number of hydrogen-bond donors (Lipinski definition) is 0. The molecule has 78 valence electrons. The van der Waals surface area contributed by atoms with E-state index in [4.69, 9.17) is 8.92 Å². The summed E-state index contributed by atoms with van der Waals surface area (Å²) in [6.45, 7) is 3.64. The summed E-state index contributed by atoms with van der Waals surface area (Å²) >= 11 is 0. The van der Waals surface area contributed by atoms with Gasteiger partial charge in [-0.15, -0.1) is 0 Å². The number of ether oxygens (including phenoxy) is 1. The molecule has 1 fully saturated rings. The van der Waals surface area contributed by atoms with Gasteiger partial charge in [-0.1, -0.05) is 19.8 Å². The Kier molecular flexibility index (Phi) is 3.70. The molecule has 0 aromatic rings. The van der Waals surface area contributed by atoms with Gasteiger partial charge in [0.2, 0.25) is 6.29 Å². The molecule has 0 N–H and O–H groups in total. The van der Waals surface area contributed by atoms with Crippen molar-refractivity contribution in [1.29, 1.82) is 0 Å². The average Bonchev–Trinajstić information content (AvgIpc) is 2.79. The molecule has 0 aliphatic carbocycles. The van der Waals surface area contributed by atoms with Crippen LogP contribution in [0.5, 0.6) is 0 Å². The van der Waals surface area contributed by atoms with Crippen LogP contribution in [0.2, 0.25) is 0 Å². The van der Waals surface area contributed by atoms with Crippen LogP contribution in [0, 0.1) is 0 Å². The van der Waals surface area contributed by atoms with Gasteiger partial charge in [-0.25, -0.2) is 4.18 Å². The maximum atomic E-state index is 11.0. The van der Waals surface area contributed by atoms with E-state index in [0.717, 1.165) is 19.3 Å². The first-order valence-electron chi connectivity index (χ1n) is 4.65. The highest BCUT2D eigenvalue weighted by Crippen LogP contribution is 2.29. The maximum absolute atomic E-state index is 11.0. The first-order chi connectivity index (χ1) is 6.09. The van der Waals surface area contributed by atoms with E-state index in [-0.39, 0.29) is 11.9 Å². The van der Waals surface area contributed by atoms with Crippen LogP contribution >= 0.6 is 0 Å². The van der Waals surface area contributed by atoms with Gasteiger partial charge >= 0.3 is 0 Å². The van der Waals surface area contributed by atoms with Crippen LogP contribution in [0.25, 0.3) is 0 Å². The standard InChI is InChI=1S/C8H16O4S/c1-3-5-6-7-8(11-7)12-13(9,10)4-2/h7-8H,3-6H2,1-2H3. The van der Waals surface area contributed by atoms with Crippen LogP contribution in [-0.4, -0.2) is 26.6 Å². The molecule has 4 nitrogen and oxygen atoms in total. The van der Waals surface area contributed by atoms with Crippen molar-refractivity contribution < 1.29 is 17.3 Å². The predicted octanol–water partition coefficient (Wildman–Crippen LogP) is 1.27. The van der Waals surface area contributed by atoms with Gasteiger partial charge in [0.05, 0.1) is 5.75 Å². The highest BCUT2D eigenvalue weighted by atomic mass is 32.2. The molecule has 0 saturated carbocycles. The zero-order valence-electron chi connectivity index (χ0n) is 8.02. The van der Waals surface area contributed by atoms with Crippen molar-refractivity contribution in [2.75, 3.05) is 5.75 Å². The lowest BCUT2D eigenvalue weighted by Gasteiger charge is -1.97. The van der Waals surface area contributed by atoms with Crippen LogP contribution in [0.4, 0.5) is 0 Å². The summed E-state index contributed by atoms with van der Waals surface area (Å²) in [7, 11) is -3.34. The maximum Gasteiger partial charge on any atom is 0.269 e. The fourth-order valence-electron chi connectivity index (χ4n) is 1.03.